The fourth-order valence-electron chi connectivity index (χ4n) is 4.83. The molecule has 0 bridgehead atoms. The van der Waals surface area contributed by atoms with E-state index in [0.29, 0.717) is 13.0 Å². The number of carbonyl (C=O) groups is 5. The maximum absolute atomic E-state index is 13.6. The molecule has 1 aliphatic rings. The Labute approximate surface area is 265 Å². The third kappa shape index (κ3) is 11.2. The van der Waals surface area contributed by atoms with Gasteiger partial charge in [-0.1, -0.05) is 56.3 Å². The predicted octanol–water partition coefficient (Wildman–Crippen LogP) is 1.01. The van der Waals surface area contributed by atoms with E-state index in [1.54, 1.807) is 31.2 Å². The zero-order valence-corrected chi connectivity index (χ0v) is 26.7. The van der Waals surface area contributed by atoms with Gasteiger partial charge in [0.25, 0.3) is 5.91 Å². The highest BCUT2D eigenvalue weighted by Gasteiger charge is 2.32. The fraction of sp³-hybridized carbons (Fsp3) is 0.485. The number of rotatable bonds is 8. The summed E-state index contributed by atoms with van der Waals surface area (Å²) in [6, 6.07) is 12.1. The molecule has 244 valence electrons. The summed E-state index contributed by atoms with van der Waals surface area (Å²) in [6.45, 7) is 6.51. The normalized spacial score (nSPS) is 21.8. The fourth-order valence-corrected chi connectivity index (χ4v) is 4.83. The number of nitrogens with one attached hydrogen (secondary N) is 5. The van der Waals surface area contributed by atoms with Crippen LogP contribution in [0.4, 0.5) is 0 Å². The van der Waals surface area contributed by atoms with Gasteiger partial charge < -0.3 is 36.2 Å². The Bertz CT molecular complexity index is 1320. The van der Waals surface area contributed by atoms with Gasteiger partial charge in [-0.3, -0.25) is 24.0 Å². The molecule has 12 heteroatoms. The van der Waals surface area contributed by atoms with Crippen molar-refractivity contribution in [3.05, 3.63) is 65.7 Å². The molecule has 0 unspecified atom stereocenters. The van der Waals surface area contributed by atoms with Crippen molar-refractivity contribution in [1.82, 2.24) is 31.5 Å². The quantitative estimate of drug-likeness (QED) is 0.275. The number of amides is 5. The summed E-state index contributed by atoms with van der Waals surface area (Å²) in [5.41, 5.74) is 0.963. The molecule has 3 rings (SSSR count). The molecule has 45 heavy (non-hydrogen) atoms. The van der Waals surface area contributed by atoms with E-state index >= 15 is 0 Å². The van der Waals surface area contributed by atoms with Crippen LogP contribution in [0.5, 0.6) is 5.75 Å². The van der Waals surface area contributed by atoms with Gasteiger partial charge in [-0.25, -0.2) is 0 Å². The first-order valence-corrected chi connectivity index (χ1v) is 15.3. The number of fused-ring (bicyclic) bond motifs is 1. The van der Waals surface area contributed by atoms with E-state index in [1.807, 2.05) is 63.2 Å². The summed E-state index contributed by atoms with van der Waals surface area (Å²) < 4.78 is 5.92. The third-order valence-electron chi connectivity index (χ3n) is 7.28. The van der Waals surface area contributed by atoms with E-state index < -0.39 is 60.1 Å². The van der Waals surface area contributed by atoms with Crippen LogP contribution in [-0.4, -0.2) is 92.4 Å². The SMILES string of the molecule is CC(C)[C@H]1NC(=O)[C@H](Cc2ccccc2)NC(=O)C[C@@H](C(=O)NCCCN(C)C)NC(=O)c2ccccc2OC[C@H](C)NC1=O. The van der Waals surface area contributed by atoms with Crippen molar-refractivity contribution in [3.63, 3.8) is 0 Å². The van der Waals surface area contributed by atoms with Crippen LogP contribution in [0.15, 0.2) is 54.6 Å². The van der Waals surface area contributed by atoms with Crippen LogP contribution in [0.2, 0.25) is 0 Å². The highest BCUT2D eigenvalue weighted by Crippen LogP contribution is 2.19. The van der Waals surface area contributed by atoms with Crippen molar-refractivity contribution in [3.8, 4) is 5.75 Å². The number of benzene rings is 2. The monoisotopic (exact) mass is 622 g/mol. The first-order valence-electron chi connectivity index (χ1n) is 15.3. The van der Waals surface area contributed by atoms with Crippen molar-refractivity contribution in [2.24, 2.45) is 5.92 Å². The van der Waals surface area contributed by atoms with Crippen LogP contribution in [0.25, 0.3) is 0 Å². The van der Waals surface area contributed by atoms with Crippen LogP contribution >= 0.6 is 0 Å². The second kappa shape index (κ2) is 17.1. The minimum absolute atomic E-state index is 0.0429. The van der Waals surface area contributed by atoms with E-state index in [2.05, 4.69) is 26.6 Å². The topological polar surface area (TPSA) is 158 Å². The standard InChI is InChI=1S/C33H46N6O6/c1-21(2)29-33(44)35-22(3)20-45-27-15-10-9-14-24(27)30(41)37-26(31(42)34-16-11-17-39(4)5)19-28(40)36-25(32(43)38-29)18-23-12-7-6-8-13-23/h6-10,12-15,21-22,25-26,29H,11,16-20H2,1-5H3,(H,34,42)(H,35,44)(H,36,40)(H,37,41)(H,38,43)/t22-,25-,26-,29+/m0/s1. The molecule has 0 aliphatic carbocycles. The molecular formula is C33H46N6O6. The molecule has 1 aliphatic heterocycles. The van der Waals surface area contributed by atoms with E-state index in [1.165, 1.54) is 0 Å². The molecule has 0 aromatic heterocycles. The number of hydrogen-bond acceptors (Lipinski definition) is 7. The van der Waals surface area contributed by atoms with Crippen molar-refractivity contribution in [2.75, 3.05) is 33.8 Å². The summed E-state index contributed by atoms with van der Waals surface area (Å²) in [4.78, 5) is 69.1. The Balaban J connectivity index is 1.95. The summed E-state index contributed by atoms with van der Waals surface area (Å²) in [5, 5.41) is 13.9. The van der Waals surface area contributed by atoms with Gasteiger partial charge >= 0.3 is 0 Å². The third-order valence-corrected chi connectivity index (χ3v) is 7.28. The second-order valence-corrected chi connectivity index (χ2v) is 11.9. The maximum Gasteiger partial charge on any atom is 0.255 e. The molecule has 2 aromatic carbocycles. The zero-order valence-electron chi connectivity index (χ0n) is 26.7. The van der Waals surface area contributed by atoms with Crippen LogP contribution in [0.3, 0.4) is 0 Å². The Hall–Kier alpha value is -4.45. The molecule has 1 heterocycles. The maximum atomic E-state index is 13.6. The van der Waals surface area contributed by atoms with E-state index in [0.717, 1.165) is 12.1 Å². The Morgan fingerprint density at radius 2 is 1.62 bits per heavy atom. The lowest BCUT2D eigenvalue weighted by Crippen LogP contribution is -2.57. The lowest BCUT2D eigenvalue weighted by atomic mass is 10.0. The smallest absolute Gasteiger partial charge is 0.255 e. The Morgan fingerprint density at radius 3 is 2.31 bits per heavy atom. The van der Waals surface area contributed by atoms with Gasteiger partial charge in [-0.05, 0) is 57.6 Å². The van der Waals surface area contributed by atoms with Crippen molar-refractivity contribution in [2.45, 2.75) is 64.2 Å². The van der Waals surface area contributed by atoms with Crippen molar-refractivity contribution < 1.29 is 28.7 Å². The van der Waals surface area contributed by atoms with Gasteiger partial charge in [0.1, 0.15) is 30.5 Å². The van der Waals surface area contributed by atoms with Crippen LogP contribution in [0.1, 0.15) is 49.5 Å². The van der Waals surface area contributed by atoms with Crippen molar-refractivity contribution in [1.29, 1.82) is 0 Å². The van der Waals surface area contributed by atoms with Crippen LogP contribution in [0, 0.1) is 5.92 Å². The zero-order chi connectivity index (χ0) is 32.9. The summed E-state index contributed by atoms with van der Waals surface area (Å²) >= 11 is 0. The van der Waals surface area contributed by atoms with Crippen LogP contribution in [-0.2, 0) is 25.6 Å². The lowest BCUT2D eigenvalue weighted by molar-refractivity contribution is -0.133. The van der Waals surface area contributed by atoms with Crippen molar-refractivity contribution >= 4 is 29.5 Å². The molecule has 0 radical (unpaired) electrons. The first kappa shape index (κ1) is 35.0. The predicted molar refractivity (Wildman–Crippen MR) is 170 cm³/mol. The number of hydrogen-bond donors (Lipinski definition) is 5. The highest BCUT2D eigenvalue weighted by molar-refractivity contribution is 6.01. The molecule has 0 saturated carbocycles. The lowest BCUT2D eigenvalue weighted by Gasteiger charge is -2.27. The van der Waals surface area contributed by atoms with Gasteiger partial charge in [0.05, 0.1) is 18.0 Å². The number of ether oxygens (including phenoxy) is 1. The van der Waals surface area contributed by atoms with Gasteiger partial charge in [0, 0.05) is 13.0 Å². The van der Waals surface area contributed by atoms with Gasteiger partial charge in [-0.2, -0.15) is 0 Å². The number of para-hydroxylation sites is 1. The highest BCUT2D eigenvalue weighted by atomic mass is 16.5. The van der Waals surface area contributed by atoms with Crippen LogP contribution < -0.4 is 31.3 Å². The molecule has 0 spiro atoms. The first-order chi connectivity index (χ1) is 21.4. The Morgan fingerprint density at radius 1 is 0.933 bits per heavy atom. The molecular weight excluding hydrogens is 576 g/mol. The molecule has 0 fully saturated rings. The minimum Gasteiger partial charge on any atom is -0.491 e. The summed E-state index contributed by atoms with van der Waals surface area (Å²) in [5.74, 6) is -2.71. The van der Waals surface area contributed by atoms with E-state index in [4.69, 9.17) is 4.74 Å². The second-order valence-electron chi connectivity index (χ2n) is 11.9. The molecule has 0 saturated heterocycles. The average Bonchev–Trinajstić information content (AvgIpc) is 2.99. The molecule has 5 amide bonds. The summed E-state index contributed by atoms with van der Waals surface area (Å²) in [6.07, 6.45) is 0.401. The Kier molecular flexibility index (Phi) is 13.3. The van der Waals surface area contributed by atoms with Gasteiger partial charge in [-0.15, -0.1) is 0 Å². The van der Waals surface area contributed by atoms with E-state index in [-0.39, 0.29) is 30.3 Å². The molecule has 5 N–H and O–H groups in total. The minimum atomic E-state index is -1.23. The average molecular weight is 623 g/mol. The molecule has 12 nitrogen and oxygen atoms in total. The molecule has 4 atom stereocenters. The van der Waals surface area contributed by atoms with Gasteiger partial charge in [0.2, 0.25) is 23.6 Å². The molecule has 2 aromatic rings. The summed E-state index contributed by atoms with van der Waals surface area (Å²) in [7, 11) is 3.85. The van der Waals surface area contributed by atoms with Gasteiger partial charge in [0.15, 0.2) is 0 Å². The van der Waals surface area contributed by atoms with E-state index in [9.17, 15) is 24.0 Å². The number of nitrogens with zero attached hydrogens (tertiary/aromatic N) is 1. The largest absolute Gasteiger partial charge is 0.491 e. The number of carbonyl (C=O) groups excluding carboxylic acids is 5.